The average molecular weight is 580 g/mol. The predicted octanol–water partition coefficient (Wildman–Crippen LogP) is 7.15. The van der Waals surface area contributed by atoms with Crippen molar-refractivity contribution in [3.63, 3.8) is 0 Å². The molecule has 0 aromatic heterocycles. The summed E-state index contributed by atoms with van der Waals surface area (Å²) in [6, 6.07) is 16.5. The number of hydrogen-bond acceptors (Lipinski definition) is 3. The molecule has 1 unspecified atom stereocenters. The van der Waals surface area contributed by atoms with Crippen molar-refractivity contribution in [3.8, 4) is 0 Å². The van der Waals surface area contributed by atoms with Crippen molar-refractivity contribution in [2.24, 2.45) is 0 Å². The van der Waals surface area contributed by atoms with E-state index in [1.165, 1.54) is 6.07 Å². The molecule has 0 saturated carbocycles. The number of hydrogen-bond donors (Lipinski definition) is 4. The number of carbonyl (C=O) groups excluding carboxylic acids is 1. The lowest BCUT2D eigenvalue weighted by atomic mass is 9.83. The Balaban J connectivity index is 1.45. The number of carboxylic acids is 1. The fraction of sp³-hybridized carbons (Fsp3) is 0.226. The van der Waals surface area contributed by atoms with E-state index in [0.29, 0.717) is 47.8 Å². The van der Waals surface area contributed by atoms with Gasteiger partial charge in [0.2, 0.25) is 0 Å². The zero-order valence-electron chi connectivity index (χ0n) is 21.5. The largest absolute Gasteiger partial charge is 0.480 e. The summed E-state index contributed by atoms with van der Waals surface area (Å²) in [4.78, 5) is 24.6. The van der Waals surface area contributed by atoms with Crippen LogP contribution in [0.4, 0.5) is 14.9 Å². The fourth-order valence-electron chi connectivity index (χ4n) is 5.40. The minimum Gasteiger partial charge on any atom is -0.480 e. The van der Waals surface area contributed by atoms with Crippen LogP contribution in [0.15, 0.2) is 84.6 Å². The lowest BCUT2D eigenvalue weighted by molar-refractivity contribution is -0.139. The molecular weight excluding hydrogens is 552 g/mol. The van der Waals surface area contributed by atoms with Crippen LogP contribution in [0.2, 0.25) is 10.0 Å². The van der Waals surface area contributed by atoms with E-state index in [2.05, 4.69) is 28.6 Å². The Morgan fingerprint density at radius 1 is 0.975 bits per heavy atom. The Labute approximate surface area is 241 Å². The number of carbonyl (C=O) groups is 2. The summed E-state index contributed by atoms with van der Waals surface area (Å²) in [6.07, 6.45) is 3.25. The molecule has 0 fully saturated rings. The van der Waals surface area contributed by atoms with Crippen molar-refractivity contribution in [3.05, 3.63) is 123 Å². The van der Waals surface area contributed by atoms with E-state index in [4.69, 9.17) is 23.2 Å². The smallest absolute Gasteiger partial charge is 0.323 e. The van der Waals surface area contributed by atoms with Gasteiger partial charge in [-0.2, -0.15) is 0 Å². The molecule has 2 amide bonds. The second kappa shape index (κ2) is 11.8. The molecule has 5 rings (SSSR count). The summed E-state index contributed by atoms with van der Waals surface area (Å²) >= 11 is 12.3. The molecular formula is C31H28Cl2FN3O3. The maximum atomic E-state index is 14.9. The first-order valence-electron chi connectivity index (χ1n) is 12.9. The van der Waals surface area contributed by atoms with Crippen LogP contribution in [0.1, 0.15) is 46.9 Å². The monoisotopic (exact) mass is 579 g/mol. The van der Waals surface area contributed by atoms with E-state index in [0.717, 1.165) is 22.3 Å². The quantitative estimate of drug-likeness (QED) is 0.241. The van der Waals surface area contributed by atoms with Crippen LogP contribution in [0.3, 0.4) is 0 Å². The number of benzene rings is 3. The first kappa shape index (κ1) is 27.9. The molecule has 0 saturated heterocycles. The number of nitrogens with one attached hydrogen (secondary N) is 3. The number of halogens is 3. The molecule has 0 radical (unpaired) electrons. The van der Waals surface area contributed by atoms with Crippen LogP contribution in [-0.4, -0.2) is 23.1 Å². The van der Waals surface area contributed by atoms with Crippen LogP contribution in [0.25, 0.3) is 0 Å². The predicted molar refractivity (Wildman–Crippen MR) is 155 cm³/mol. The topological polar surface area (TPSA) is 90.5 Å². The molecule has 1 aliphatic heterocycles. The van der Waals surface area contributed by atoms with E-state index in [1.54, 1.807) is 36.4 Å². The highest BCUT2D eigenvalue weighted by Crippen LogP contribution is 2.41. The van der Waals surface area contributed by atoms with E-state index in [-0.39, 0.29) is 16.8 Å². The lowest BCUT2D eigenvalue weighted by Crippen LogP contribution is -2.41. The maximum Gasteiger partial charge on any atom is 0.323 e. The number of rotatable bonds is 5. The number of anilines is 1. The highest BCUT2D eigenvalue weighted by molar-refractivity contribution is 6.43. The molecule has 2 aliphatic rings. The van der Waals surface area contributed by atoms with Gasteiger partial charge < -0.3 is 21.1 Å². The van der Waals surface area contributed by atoms with Crippen LogP contribution in [0, 0.1) is 5.82 Å². The highest BCUT2D eigenvalue weighted by atomic mass is 35.5. The normalized spacial score (nSPS) is 20.6. The molecule has 0 bridgehead atoms. The number of aliphatic carboxylic acids is 1. The maximum absolute atomic E-state index is 14.9. The van der Waals surface area contributed by atoms with Crippen LogP contribution in [-0.2, 0) is 17.8 Å². The third-order valence-corrected chi connectivity index (χ3v) is 8.28. The Kier molecular flexibility index (Phi) is 8.26. The molecule has 40 heavy (non-hydrogen) atoms. The number of allylic oxidation sites excluding steroid dienone is 3. The molecule has 1 heterocycles. The van der Waals surface area contributed by atoms with Gasteiger partial charge in [0.05, 0.1) is 15.7 Å². The zero-order valence-corrected chi connectivity index (χ0v) is 23.0. The van der Waals surface area contributed by atoms with Crippen molar-refractivity contribution in [2.45, 2.75) is 43.7 Å². The zero-order chi connectivity index (χ0) is 28.4. The van der Waals surface area contributed by atoms with Crippen molar-refractivity contribution in [1.82, 2.24) is 10.6 Å². The second-order valence-electron chi connectivity index (χ2n) is 10.1. The molecule has 3 aromatic carbocycles. The van der Waals surface area contributed by atoms with Gasteiger partial charge in [-0.1, -0.05) is 83.9 Å². The van der Waals surface area contributed by atoms with Gasteiger partial charge in [-0.15, -0.1) is 0 Å². The minimum atomic E-state index is -0.883. The number of carboxylic acid groups (broad SMARTS) is 1. The Bertz CT molecular complexity index is 1520. The van der Waals surface area contributed by atoms with Crippen LogP contribution < -0.4 is 16.0 Å². The highest BCUT2D eigenvalue weighted by Gasteiger charge is 2.29. The SMILES string of the molecule is C=C1C[C@H](c2ccc3c(c2)C[C@H](C(=O)O)NC3)CC(NC(=O)Nc2cccc(Cl)c2Cl)=CC1c1ccccc1F. The van der Waals surface area contributed by atoms with E-state index >= 15 is 0 Å². The van der Waals surface area contributed by atoms with Crippen molar-refractivity contribution in [1.29, 1.82) is 0 Å². The fourth-order valence-corrected chi connectivity index (χ4v) is 5.74. The second-order valence-corrected chi connectivity index (χ2v) is 10.9. The average Bonchev–Trinajstić information content (AvgIpc) is 3.09. The van der Waals surface area contributed by atoms with Gasteiger partial charge in [-0.3, -0.25) is 4.79 Å². The molecule has 4 N–H and O–H groups in total. The number of fused-ring (bicyclic) bond motifs is 1. The first-order chi connectivity index (χ1) is 19.2. The summed E-state index contributed by atoms with van der Waals surface area (Å²) < 4.78 is 14.9. The van der Waals surface area contributed by atoms with Crippen molar-refractivity contribution >= 4 is 40.9 Å². The number of amides is 2. The van der Waals surface area contributed by atoms with Gasteiger partial charge in [-0.05, 0) is 65.6 Å². The first-order valence-corrected chi connectivity index (χ1v) is 13.7. The summed E-state index contributed by atoms with van der Waals surface area (Å²) in [6.45, 7) is 4.80. The van der Waals surface area contributed by atoms with Gasteiger partial charge in [0.1, 0.15) is 11.9 Å². The van der Waals surface area contributed by atoms with E-state index in [1.807, 2.05) is 18.2 Å². The minimum absolute atomic E-state index is 0.0750. The summed E-state index contributed by atoms with van der Waals surface area (Å²) in [5.74, 6) is -1.76. The van der Waals surface area contributed by atoms with Crippen LogP contribution >= 0.6 is 23.2 Å². The summed E-state index contributed by atoms with van der Waals surface area (Å²) in [5.41, 5.74) is 5.31. The molecule has 9 heteroatoms. The van der Waals surface area contributed by atoms with Gasteiger partial charge in [0, 0.05) is 18.2 Å². The Hall–Kier alpha value is -3.65. The molecule has 1 aliphatic carbocycles. The molecule has 3 atom stereocenters. The van der Waals surface area contributed by atoms with E-state index < -0.39 is 24.0 Å². The molecule has 0 spiro atoms. The Morgan fingerprint density at radius 3 is 2.55 bits per heavy atom. The summed E-state index contributed by atoms with van der Waals surface area (Å²) in [5, 5.41) is 18.8. The van der Waals surface area contributed by atoms with Crippen LogP contribution in [0.5, 0.6) is 0 Å². The number of urea groups is 1. The van der Waals surface area contributed by atoms with E-state index in [9.17, 15) is 19.1 Å². The Morgan fingerprint density at radius 2 is 1.77 bits per heavy atom. The third-order valence-electron chi connectivity index (χ3n) is 7.46. The van der Waals surface area contributed by atoms with Crippen molar-refractivity contribution < 1.29 is 19.1 Å². The standard InChI is InChI=1S/C31H28Cl2FN3O3/c1-17-11-20(18-9-10-19-16-35-28(30(38)39)14-21(19)12-18)13-22(15-24(17)23-5-2-3-7-26(23)34)36-31(40)37-27-8-4-6-25(32)29(27)33/h2-10,12,15,20,24,28,35H,1,11,13-14,16H2,(H,38,39)(H2,36,37,40)/t20-,24?,28+/m0/s1. The van der Waals surface area contributed by atoms with Crippen molar-refractivity contribution in [2.75, 3.05) is 5.32 Å². The molecule has 206 valence electrons. The van der Waals surface area contributed by atoms with Gasteiger partial charge in [-0.25, -0.2) is 9.18 Å². The third kappa shape index (κ3) is 6.07. The molecule has 3 aromatic rings. The lowest BCUT2D eigenvalue weighted by Gasteiger charge is -2.26. The van der Waals surface area contributed by atoms with Gasteiger partial charge >= 0.3 is 12.0 Å². The molecule has 6 nitrogen and oxygen atoms in total. The van der Waals surface area contributed by atoms with Gasteiger partial charge in [0.15, 0.2) is 0 Å². The van der Waals surface area contributed by atoms with Gasteiger partial charge in [0.25, 0.3) is 0 Å². The summed E-state index contributed by atoms with van der Waals surface area (Å²) in [7, 11) is 0.